The van der Waals surface area contributed by atoms with E-state index in [0.29, 0.717) is 22.9 Å². The molecule has 8 heteroatoms. The zero-order chi connectivity index (χ0) is 23.0. The van der Waals surface area contributed by atoms with Crippen LogP contribution < -0.4 is 5.43 Å². The number of hydrogen-bond acceptors (Lipinski definition) is 3. The molecule has 2 aromatic carbocycles. The highest BCUT2D eigenvalue weighted by Gasteiger charge is 2.33. The average Bonchev–Trinajstić information content (AvgIpc) is 3.12. The number of nitrogens with zero attached hydrogens (tertiary/aromatic N) is 3. The molecule has 1 aliphatic carbocycles. The number of imidazole rings is 1. The minimum absolute atomic E-state index is 0.00724. The lowest BCUT2D eigenvalue weighted by Crippen LogP contribution is -2.47. The Morgan fingerprint density at radius 2 is 1.91 bits per heavy atom. The number of aryl methyl sites for hydroxylation is 1. The van der Waals surface area contributed by atoms with Crippen LogP contribution in [-0.2, 0) is 7.05 Å². The van der Waals surface area contributed by atoms with E-state index in [4.69, 9.17) is 11.6 Å². The molecule has 1 heterocycles. The van der Waals surface area contributed by atoms with Gasteiger partial charge in [-0.05, 0) is 55.7 Å². The summed E-state index contributed by atoms with van der Waals surface area (Å²) < 4.78 is 31.2. The van der Waals surface area contributed by atoms with Crippen molar-refractivity contribution < 1.29 is 13.6 Å². The van der Waals surface area contributed by atoms with Crippen LogP contribution in [-0.4, -0.2) is 26.5 Å². The molecule has 0 bridgehead atoms. The first-order valence-corrected chi connectivity index (χ1v) is 11.3. The number of amides is 1. The molecule has 0 unspecified atom stereocenters. The van der Waals surface area contributed by atoms with E-state index < -0.39 is 17.5 Å². The van der Waals surface area contributed by atoms with Crippen LogP contribution in [0.1, 0.15) is 49.9 Å². The largest absolute Gasteiger partial charge is 0.334 e. The third kappa shape index (κ3) is 4.31. The van der Waals surface area contributed by atoms with E-state index in [1.54, 1.807) is 24.0 Å². The van der Waals surface area contributed by atoms with Crippen LogP contribution in [0.2, 0.25) is 5.02 Å². The highest BCUT2D eigenvalue weighted by Crippen LogP contribution is 2.34. The van der Waals surface area contributed by atoms with Gasteiger partial charge in [0.2, 0.25) is 0 Å². The van der Waals surface area contributed by atoms with Gasteiger partial charge in [0.05, 0.1) is 34.0 Å². The van der Waals surface area contributed by atoms with Crippen molar-refractivity contribution >= 4 is 34.2 Å². The third-order valence-corrected chi connectivity index (χ3v) is 6.82. The first-order chi connectivity index (χ1) is 15.3. The van der Waals surface area contributed by atoms with E-state index in [-0.39, 0.29) is 22.3 Å². The standard InChI is InChI=1S/C24H27ClF2N4O/c1-14(2)15-7-9-16(10-8-15)31(29-23-18(25)5-4-6-19(23)26)24(32)17-11-21-22(12-20(17)27)30(3)13-28-21/h4-6,11-16,29H,7-10H2,1-3H3. The number of halogens is 3. The van der Waals surface area contributed by atoms with Gasteiger partial charge in [0.25, 0.3) is 5.91 Å². The van der Waals surface area contributed by atoms with Crippen molar-refractivity contribution in [3.8, 4) is 0 Å². The number of anilines is 1. The average molecular weight is 461 g/mol. The lowest BCUT2D eigenvalue weighted by molar-refractivity contribution is 0.0654. The van der Waals surface area contributed by atoms with Gasteiger partial charge in [-0.3, -0.25) is 10.2 Å². The monoisotopic (exact) mass is 460 g/mol. The molecule has 1 saturated carbocycles. The molecule has 32 heavy (non-hydrogen) atoms. The van der Waals surface area contributed by atoms with E-state index in [9.17, 15) is 9.18 Å². The van der Waals surface area contributed by atoms with Crippen molar-refractivity contribution in [1.82, 2.24) is 14.6 Å². The van der Waals surface area contributed by atoms with Crippen LogP contribution in [0, 0.1) is 23.5 Å². The summed E-state index contributed by atoms with van der Waals surface area (Å²) in [6.07, 6.45) is 4.93. The maximum atomic E-state index is 15.0. The highest BCUT2D eigenvalue weighted by molar-refractivity contribution is 6.33. The first kappa shape index (κ1) is 22.5. The molecule has 4 rings (SSSR count). The molecule has 0 saturated heterocycles. The van der Waals surface area contributed by atoms with Crippen molar-refractivity contribution in [2.24, 2.45) is 18.9 Å². The van der Waals surface area contributed by atoms with Crippen LogP contribution in [0.5, 0.6) is 0 Å². The molecule has 5 nitrogen and oxygen atoms in total. The Morgan fingerprint density at radius 3 is 2.56 bits per heavy atom. The predicted molar refractivity (Wildman–Crippen MR) is 122 cm³/mol. The summed E-state index contributed by atoms with van der Waals surface area (Å²) in [5, 5.41) is 1.51. The molecule has 3 aromatic rings. The van der Waals surface area contributed by atoms with E-state index in [1.165, 1.54) is 29.3 Å². The summed E-state index contributed by atoms with van der Waals surface area (Å²) in [4.78, 5) is 17.8. The summed E-state index contributed by atoms with van der Waals surface area (Å²) in [5.74, 6) is -0.664. The number of hydrogen-bond donors (Lipinski definition) is 1. The number of hydrazine groups is 1. The zero-order valence-corrected chi connectivity index (χ0v) is 19.2. The fourth-order valence-corrected chi connectivity index (χ4v) is 4.71. The van der Waals surface area contributed by atoms with Gasteiger partial charge in [-0.25, -0.2) is 18.8 Å². The van der Waals surface area contributed by atoms with Gasteiger partial charge in [-0.1, -0.05) is 31.5 Å². The van der Waals surface area contributed by atoms with Gasteiger partial charge >= 0.3 is 0 Å². The Balaban J connectivity index is 1.70. The van der Waals surface area contributed by atoms with Crippen molar-refractivity contribution in [2.45, 2.75) is 45.6 Å². The van der Waals surface area contributed by atoms with Gasteiger partial charge < -0.3 is 4.57 Å². The van der Waals surface area contributed by atoms with Crippen molar-refractivity contribution in [1.29, 1.82) is 0 Å². The normalized spacial score (nSPS) is 18.8. The summed E-state index contributed by atoms with van der Waals surface area (Å²) in [6.45, 7) is 4.39. The van der Waals surface area contributed by atoms with E-state index in [0.717, 1.165) is 25.7 Å². The molecule has 1 aliphatic rings. The van der Waals surface area contributed by atoms with Crippen LogP contribution in [0.3, 0.4) is 0 Å². The fraction of sp³-hybridized carbons (Fsp3) is 0.417. The number of fused-ring (bicyclic) bond motifs is 1. The summed E-state index contributed by atoms with van der Waals surface area (Å²) in [5.41, 5.74) is 3.90. The number of benzene rings is 2. The topological polar surface area (TPSA) is 50.2 Å². The summed E-state index contributed by atoms with van der Waals surface area (Å²) in [6, 6.07) is 6.85. The molecule has 1 N–H and O–H groups in total. The smallest absolute Gasteiger partial charge is 0.275 e. The fourth-order valence-electron chi connectivity index (χ4n) is 4.50. The number of para-hydroxylation sites is 1. The minimum atomic E-state index is -0.645. The molecule has 1 amide bonds. The first-order valence-electron chi connectivity index (χ1n) is 10.9. The molecular weight excluding hydrogens is 434 g/mol. The van der Waals surface area contributed by atoms with Crippen molar-refractivity contribution in [3.63, 3.8) is 0 Å². The molecule has 0 radical (unpaired) electrons. The zero-order valence-electron chi connectivity index (χ0n) is 18.4. The summed E-state index contributed by atoms with van der Waals surface area (Å²) >= 11 is 6.21. The molecule has 1 aromatic heterocycles. The maximum Gasteiger partial charge on any atom is 0.275 e. The Labute approximate surface area is 191 Å². The van der Waals surface area contributed by atoms with E-state index >= 15 is 4.39 Å². The van der Waals surface area contributed by atoms with Crippen molar-refractivity contribution in [2.75, 3.05) is 5.43 Å². The Bertz CT molecular complexity index is 1120. The Morgan fingerprint density at radius 1 is 1.19 bits per heavy atom. The molecular formula is C24H27ClF2N4O. The second-order valence-electron chi connectivity index (χ2n) is 8.87. The lowest BCUT2D eigenvalue weighted by Gasteiger charge is -2.38. The summed E-state index contributed by atoms with van der Waals surface area (Å²) in [7, 11) is 1.76. The number of carbonyl (C=O) groups excluding carboxylic acids is 1. The van der Waals surface area contributed by atoms with Gasteiger partial charge in [-0.2, -0.15) is 0 Å². The second-order valence-corrected chi connectivity index (χ2v) is 9.28. The van der Waals surface area contributed by atoms with Crippen LogP contribution in [0.15, 0.2) is 36.7 Å². The van der Waals surface area contributed by atoms with Crippen LogP contribution >= 0.6 is 11.6 Å². The van der Waals surface area contributed by atoms with Gasteiger partial charge in [0.1, 0.15) is 17.3 Å². The molecule has 0 atom stereocenters. The quantitative estimate of drug-likeness (QED) is 0.462. The molecule has 0 aliphatic heterocycles. The van der Waals surface area contributed by atoms with Crippen molar-refractivity contribution in [3.05, 3.63) is 58.9 Å². The predicted octanol–water partition coefficient (Wildman–Crippen LogP) is 6.19. The second kappa shape index (κ2) is 9.06. The van der Waals surface area contributed by atoms with Gasteiger partial charge in [0.15, 0.2) is 0 Å². The maximum absolute atomic E-state index is 15.0. The molecule has 1 fully saturated rings. The van der Waals surface area contributed by atoms with Gasteiger partial charge in [0, 0.05) is 13.1 Å². The van der Waals surface area contributed by atoms with E-state index in [1.807, 2.05) is 0 Å². The molecule has 170 valence electrons. The number of rotatable bonds is 5. The molecule has 0 spiro atoms. The lowest BCUT2D eigenvalue weighted by atomic mass is 9.79. The highest BCUT2D eigenvalue weighted by atomic mass is 35.5. The van der Waals surface area contributed by atoms with Crippen LogP contribution in [0.25, 0.3) is 11.0 Å². The number of nitrogens with one attached hydrogen (secondary N) is 1. The number of aromatic nitrogens is 2. The minimum Gasteiger partial charge on any atom is -0.334 e. The Hall–Kier alpha value is -2.67. The number of carbonyl (C=O) groups is 1. The van der Waals surface area contributed by atoms with Crippen LogP contribution in [0.4, 0.5) is 14.5 Å². The SMILES string of the molecule is CC(C)C1CCC(N(Nc2c(F)cccc2Cl)C(=O)c2cc3ncn(C)c3cc2F)CC1. The third-order valence-electron chi connectivity index (χ3n) is 6.51. The van der Waals surface area contributed by atoms with E-state index in [2.05, 4.69) is 24.3 Å². The Kier molecular flexibility index (Phi) is 6.38. The van der Waals surface area contributed by atoms with Gasteiger partial charge in [-0.15, -0.1) is 0 Å².